The second-order valence-electron chi connectivity index (χ2n) is 6.24. The van der Waals surface area contributed by atoms with Crippen LogP contribution in [-0.4, -0.2) is 66.5 Å². The van der Waals surface area contributed by atoms with Gasteiger partial charge in [0, 0.05) is 45.8 Å². The van der Waals surface area contributed by atoms with Crippen LogP contribution in [0.15, 0.2) is 36.4 Å². The topological polar surface area (TPSA) is 26.8 Å². The molecule has 1 aromatic rings. The molecule has 4 nitrogen and oxygen atoms in total. The number of hydrogen-bond donors (Lipinski definition) is 0. The van der Waals surface area contributed by atoms with Crippen molar-refractivity contribution in [2.45, 2.75) is 18.9 Å². The molecule has 0 N–H and O–H groups in total. The van der Waals surface area contributed by atoms with Gasteiger partial charge >= 0.3 is 6.03 Å². The van der Waals surface area contributed by atoms with Crippen LogP contribution >= 0.6 is 0 Å². The van der Waals surface area contributed by atoms with E-state index in [2.05, 4.69) is 46.2 Å². The van der Waals surface area contributed by atoms with E-state index in [0.717, 1.165) is 45.6 Å². The van der Waals surface area contributed by atoms with E-state index in [1.165, 1.54) is 5.56 Å². The number of likely N-dealkylation sites (tertiary alicyclic amines) is 1. The minimum Gasteiger partial charge on any atom is -0.326 e. The summed E-state index contributed by atoms with van der Waals surface area (Å²) >= 11 is 0. The van der Waals surface area contributed by atoms with Crippen LogP contribution in [0.5, 0.6) is 0 Å². The standard InChI is InChI=1S/C18H25N3O/c1-19-14-15-21(18(19)22)17-9-12-20(13-10-17)11-5-8-16-6-3-2-4-7-16/h2-8,17H,9-15H2,1H3/b8-5+. The highest BCUT2D eigenvalue weighted by molar-refractivity contribution is 5.76. The Labute approximate surface area is 133 Å². The molecule has 0 spiro atoms. The van der Waals surface area contributed by atoms with Crippen LogP contribution in [0.2, 0.25) is 0 Å². The number of nitrogens with zero attached hydrogens (tertiary/aromatic N) is 3. The van der Waals surface area contributed by atoms with Crippen LogP contribution in [0, 0.1) is 0 Å². The second-order valence-corrected chi connectivity index (χ2v) is 6.24. The number of rotatable bonds is 4. The molecule has 0 radical (unpaired) electrons. The first-order valence-corrected chi connectivity index (χ1v) is 8.20. The summed E-state index contributed by atoms with van der Waals surface area (Å²) in [4.78, 5) is 18.4. The number of piperidine rings is 1. The van der Waals surface area contributed by atoms with Crippen molar-refractivity contribution in [1.82, 2.24) is 14.7 Å². The first-order chi connectivity index (χ1) is 10.7. The van der Waals surface area contributed by atoms with Gasteiger partial charge in [0.2, 0.25) is 0 Å². The predicted molar refractivity (Wildman–Crippen MR) is 89.7 cm³/mol. The summed E-state index contributed by atoms with van der Waals surface area (Å²) in [6, 6.07) is 11.1. The Morgan fingerprint density at radius 2 is 1.82 bits per heavy atom. The van der Waals surface area contributed by atoms with E-state index >= 15 is 0 Å². The fraction of sp³-hybridized carbons (Fsp3) is 0.500. The number of urea groups is 1. The average Bonchev–Trinajstić information content (AvgIpc) is 2.89. The molecule has 2 aliphatic rings. The fourth-order valence-electron chi connectivity index (χ4n) is 3.32. The van der Waals surface area contributed by atoms with Crippen molar-refractivity contribution in [3.63, 3.8) is 0 Å². The lowest BCUT2D eigenvalue weighted by atomic mass is 10.0. The lowest BCUT2D eigenvalue weighted by Crippen LogP contribution is -2.46. The Morgan fingerprint density at radius 3 is 2.45 bits per heavy atom. The van der Waals surface area contributed by atoms with E-state index in [1.54, 1.807) is 0 Å². The highest BCUT2D eigenvalue weighted by Gasteiger charge is 2.33. The maximum absolute atomic E-state index is 12.0. The van der Waals surface area contributed by atoms with Gasteiger partial charge in [-0.15, -0.1) is 0 Å². The van der Waals surface area contributed by atoms with Crippen LogP contribution < -0.4 is 0 Å². The van der Waals surface area contributed by atoms with Crippen molar-refractivity contribution in [2.24, 2.45) is 0 Å². The van der Waals surface area contributed by atoms with E-state index < -0.39 is 0 Å². The maximum atomic E-state index is 12.0. The lowest BCUT2D eigenvalue weighted by molar-refractivity contribution is 0.137. The molecule has 3 rings (SSSR count). The Morgan fingerprint density at radius 1 is 1.09 bits per heavy atom. The highest BCUT2D eigenvalue weighted by atomic mass is 16.2. The van der Waals surface area contributed by atoms with Gasteiger partial charge in [0.25, 0.3) is 0 Å². The number of amides is 2. The summed E-state index contributed by atoms with van der Waals surface area (Å²) in [5, 5.41) is 0. The van der Waals surface area contributed by atoms with Gasteiger partial charge in [-0.1, -0.05) is 42.5 Å². The molecule has 118 valence electrons. The maximum Gasteiger partial charge on any atom is 0.320 e. The number of carbonyl (C=O) groups excluding carboxylic acids is 1. The normalized spacial score (nSPS) is 21.2. The Hall–Kier alpha value is -1.81. The lowest BCUT2D eigenvalue weighted by Gasteiger charge is -2.35. The zero-order valence-electron chi connectivity index (χ0n) is 13.3. The van der Waals surface area contributed by atoms with Crippen molar-refractivity contribution in [1.29, 1.82) is 0 Å². The van der Waals surface area contributed by atoms with Gasteiger partial charge in [0.05, 0.1) is 0 Å². The zero-order chi connectivity index (χ0) is 15.4. The average molecular weight is 299 g/mol. The van der Waals surface area contributed by atoms with Crippen molar-refractivity contribution in [3.05, 3.63) is 42.0 Å². The number of hydrogen-bond acceptors (Lipinski definition) is 2. The zero-order valence-corrected chi connectivity index (χ0v) is 13.3. The molecule has 0 atom stereocenters. The van der Waals surface area contributed by atoms with Crippen LogP contribution in [0.1, 0.15) is 18.4 Å². The van der Waals surface area contributed by atoms with E-state index in [9.17, 15) is 4.79 Å². The summed E-state index contributed by atoms with van der Waals surface area (Å²) in [5.74, 6) is 0. The Bertz CT molecular complexity index is 520. The van der Waals surface area contributed by atoms with E-state index in [-0.39, 0.29) is 6.03 Å². The molecule has 0 saturated carbocycles. The number of likely N-dealkylation sites (N-methyl/N-ethyl adjacent to an activating group) is 1. The molecule has 2 heterocycles. The third-order valence-corrected chi connectivity index (χ3v) is 4.72. The molecule has 22 heavy (non-hydrogen) atoms. The molecule has 2 fully saturated rings. The molecular formula is C18H25N3O. The van der Waals surface area contributed by atoms with E-state index in [0.29, 0.717) is 6.04 Å². The summed E-state index contributed by atoms with van der Waals surface area (Å²) in [6.45, 7) is 4.93. The second kappa shape index (κ2) is 6.97. The molecule has 0 unspecified atom stereocenters. The molecule has 0 aromatic heterocycles. The fourth-order valence-corrected chi connectivity index (χ4v) is 3.32. The van der Waals surface area contributed by atoms with Crippen molar-refractivity contribution in [2.75, 3.05) is 39.8 Å². The third-order valence-electron chi connectivity index (χ3n) is 4.72. The molecule has 0 bridgehead atoms. The largest absolute Gasteiger partial charge is 0.326 e. The van der Waals surface area contributed by atoms with Gasteiger partial charge in [0.15, 0.2) is 0 Å². The van der Waals surface area contributed by atoms with E-state index in [1.807, 2.05) is 18.0 Å². The van der Waals surface area contributed by atoms with Crippen molar-refractivity contribution in [3.8, 4) is 0 Å². The summed E-state index contributed by atoms with van der Waals surface area (Å²) in [6.07, 6.45) is 6.62. The van der Waals surface area contributed by atoms with Crippen LogP contribution in [-0.2, 0) is 0 Å². The highest BCUT2D eigenvalue weighted by Crippen LogP contribution is 2.20. The summed E-state index contributed by atoms with van der Waals surface area (Å²) in [5.41, 5.74) is 1.25. The van der Waals surface area contributed by atoms with Gasteiger partial charge in [-0.25, -0.2) is 4.79 Å². The Balaban J connectivity index is 1.44. The third kappa shape index (κ3) is 3.50. The molecule has 0 aliphatic carbocycles. The van der Waals surface area contributed by atoms with E-state index in [4.69, 9.17) is 0 Å². The van der Waals surface area contributed by atoms with Crippen LogP contribution in [0.4, 0.5) is 4.79 Å². The minimum atomic E-state index is 0.211. The van der Waals surface area contributed by atoms with Gasteiger partial charge in [-0.05, 0) is 18.4 Å². The predicted octanol–water partition coefficient (Wildman–Crippen LogP) is 2.53. The molecule has 4 heteroatoms. The van der Waals surface area contributed by atoms with Gasteiger partial charge < -0.3 is 9.80 Å². The van der Waals surface area contributed by atoms with Gasteiger partial charge in [-0.2, -0.15) is 0 Å². The van der Waals surface area contributed by atoms with Gasteiger partial charge in [0.1, 0.15) is 0 Å². The summed E-state index contributed by atoms with van der Waals surface area (Å²) < 4.78 is 0. The van der Waals surface area contributed by atoms with Crippen molar-refractivity contribution < 1.29 is 4.79 Å². The molecule has 1 aromatic carbocycles. The number of benzene rings is 1. The van der Waals surface area contributed by atoms with Crippen LogP contribution in [0.25, 0.3) is 6.08 Å². The van der Waals surface area contributed by atoms with Gasteiger partial charge in [-0.3, -0.25) is 4.90 Å². The first-order valence-electron chi connectivity index (χ1n) is 8.20. The molecule has 2 saturated heterocycles. The molecule has 2 aliphatic heterocycles. The molecule has 2 amide bonds. The quantitative estimate of drug-likeness (QED) is 0.854. The SMILES string of the molecule is CN1CCN(C2CCN(C/C=C/c3ccccc3)CC2)C1=O. The van der Waals surface area contributed by atoms with Crippen LogP contribution in [0.3, 0.4) is 0 Å². The first kappa shape index (κ1) is 15.1. The minimum absolute atomic E-state index is 0.211. The Kier molecular flexibility index (Phi) is 4.78. The smallest absolute Gasteiger partial charge is 0.320 e. The monoisotopic (exact) mass is 299 g/mol. The summed E-state index contributed by atoms with van der Waals surface area (Å²) in [7, 11) is 1.89. The number of carbonyl (C=O) groups is 1. The molecular weight excluding hydrogens is 274 g/mol. The van der Waals surface area contributed by atoms with Crippen molar-refractivity contribution >= 4 is 12.1 Å².